The van der Waals surface area contributed by atoms with Crippen LogP contribution in [0.25, 0.3) is 0 Å². The average molecular weight is 277 g/mol. The van der Waals surface area contributed by atoms with Crippen molar-refractivity contribution in [2.45, 2.75) is 25.9 Å². The van der Waals surface area contributed by atoms with E-state index in [9.17, 15) is 0 Å². The number of nitrogens with two attached hydrogens (primary N) is 1. The Morgan fingerprint density at radius 3 is 2.89 bits per heavy atom. The third kappa shape index (κ3) is 3.58. The van der Waals surface area contributed by atoms with Gasteiger partial charge in [-0.2, -0.15) is 0 Å². The van der Waals surface area contributed by atoms with Gasteiger partial charge in [-0.25, -0.2) is 0 Å². The molecule has 1 aliphatic heterocycles. The highest BCUT2D eigenvalue weighted by Gasteiger charge is 2.31. The lowest BCUT2D eigenvalue weighted by molar-refractivity contribution is 0.0365. The fourth-order valence-electron chi connectivity index (χ4n) is 2.40. The summed E-state index contributed by atoms with van der Waals surface area (Å²) in [6, 6.07) is 2.10. The highest BCUT2D eigenvalue weighted by molar-refractivity contribution is 7.10. The minimum absolute atomic E-state index is 0.249. The van der Waals surface area contributed by atoms with Crippen molar-refractivity contribution in [1.82, 2.24) is 9.80 Å². The van der Waals surface area contributed by atoms with Crippen LogP contribution in [0, 0.1) is 11.8 Å². The van der Waals surface area contributed by atoms with E-state index in [0.717, 1.165) is 31.7 Å². The number of thiophene rings is 1. The third-order valence-corrected chi connectivity index (χ3v) is 4.74. The summed E-state index contributed by atoms with van der Waals surface area (Å²) >= 11 is 1.80. The second-order valence-electron chi connectivity index (χ2n) is 5.71. The number of rotatable bonds is 2. The van der Waals surface area contributed by atoms with E-state index in [1.807, 2.05) is 0 Å². The summed E-state index contributed by atoms with van der Waals surface area (Å²) in [5, 5.41) is 2.12. The molecule has 2 N–H and O–H groups in total. The van der Waals surface area contributed by atoms with Gasteiger partial charge in [0.15, 0.2) is 0 Å². The molecule has 104 valence electrons. The number of nitrogens with zero attached hydrogens (tertiary/aromatic N) is 2. The molecule has 0 amide bonds. The molecule has 3 nitrogen and oxygen atoms in total. The van der Waals surface area contributed by atoms with Crippen LogP contribution in [0.3, 0.4) is 0 Å². The monoisotopic (exact) mass is 277 g/mol. The predicted molar refractivity (Wildman–Crippen MR) is 82.2 cm³/mol. The van der Waals surface area contributed by atoms with Crippen molar-refractivity contribution in [2.24, 2.45) is 5.73 Å². The van der Waals surface area contributed by atoms with Crippen molar-refractivity contribution in [3.63, 3.8) is 0 Å². The Hall–Kier alpha value is -0.860. The van der Waals surface area contributed by atoms with Crippen molar-refractivity contribution in [3.05, 3.63) is 21.9 Å². The van der Waals surface area contributed by atoms with Gasteiger partial charge in [-0.3, -0.25) is 9.80 Å². The maximum Gasteiger partial charge on any atom is 0.0555 e. The van der Waals surface area contributed by atoms with Gasteiger partial charge in [0.1, 0.15) is 0 Å². The largest absolute Gasteiger partial charge is 0.320 e. The summed E-state index contributed by atoms with van der Waals surface area (Å²) in [6.07, 6.45) is 0. The highest BCUT2D eigenvalue weighted by Crippen LogP contribution is 2.23. The fourth-order valence-corrected chi connectivity index (χ4v) is 3.27. The van der Waals surface area contributed by atoms with Crippen molar-refractivity contribution in [3.8, 4) is 11.8 Å². The molecule has 19 heavy (non-hydrogen) atoms. The van der Waals surface area contributed by atoms with Gasteiger partial charge in [-0.1, -0.05) is 11.8 Å². The molecule has 2 heterocycles. The molecule has 1 aromatic heterocycles. The van der Waals surface area contributed by atoms with E-state index in [1.54, 1.807) is 11.3 Å². The van der Waals surface area contributed by atoms with Crippen LogP contribution in [0.1, 0.15) is 24.3 Å². The molecule has 0 atom stereocenters. The molecular weight excluding hydrogens is 254 g/mol. The Morgan fingerprint density at radius 2 is 2.21 bits per heavy atom. The number of likely N-dealkylation sites (N-methyl/N-ethyl adjacent to an activating group) is 1. The van der Waals surface area contributed by atoms with Gasteiger partial charge in [0.05, 0.1) is 6.54 Å². The van der Waals surface area contributed by atoms with Gasteiger partial charge in [0, 0.05) is 42.2 Å². The van der Waals surface area contributed by atoms with Crippen molar-refractivity contribution < 1.29 is 0 Å². The Kier molecular flexibility index (Phi) is 4.64. The maximum absolute atomic E-state index is 5.44. The topological polar surface area (TPSA) is 32.5 Å². The smallest absolute Gasteiger partial charge is 0.0555 e. The zero-order chi connectivity index (χ0) is 13.9. The standard InChI is InChI=1S/C15H23N3S/c1-15(2)12-18(9-8-17(15)3)11-14-13(5-4-7-16)6-10-19-14/h6,10H,7-9,11-12,16H2,1-3H3. The first kappa shape index (κ1) is 14.5. The second-order valence-corrected chi connectivity index (χ2v) is 6.71. The van der Waals surface area contributed by atoms with E-state index in [-0.39, 0.29) is 5.54 Å². The molecular formula is C15H23N3S. The summed E-state index contributed by atoms with van der Waals surface area (Å²) in [4.78, 5) is 6.33. The second kappa shape index (κ2) is 6.06. The fraction of sp³-hybridized carbons (Fsp3) is 0.600. The molecule has 0 bridgehead atoms. The first-order chi connectivity index (χ1) is 9.03. The lowest BCUT2D eigenvalue weighted by atomic mass is 9.99. The summed E-state index contributed by atoms with van der Waals surface area (Å²) in [6.45, 7) is 9.40. The Balaban J connectivity index is 2.04. The van der Waals surface area contributed by atoms with Crippen LogP contribution < -0.4 is 5.73 Å². The van der Waals surface area contributed by atoms with E-state index >= 15 is 0 Å². The normalized spacial score (nSPS) is 20.0. The lowest BCUT2D eigenvalue weighted by Crippen LogP contribution is -2.57. The van der Waals surface area contributed by atoms with Crippen molar-refractivity contribution >= 4 is 11.3 Å². The Bertz CT molecular complexity index is 481. The van der Waals surface area contributed by atoms with Crippen LogP contribution in [0.4, 0.5) is 0 Å². The number of hydrogen-bond acceptors (Lipinski definition) is 4. The quantitative estimate of drug-likeness (QED) is 0.833. The highest BCUT2D eigenvalue weighted by atomic mass is 32.1. The van der Waals surface area contributed by atoms with E-state index in [1.165, 1.54) is 4.88 Å². The van der Waals surface area contributed by atoms with Crippen LogP contribution in [-0.4, -0.2) is 48.6 Å². The van der Waals surface area contributed by atoms with Gasteiger partial charge in [-0.05, 0) is 32.3 Å². The molecule has 1 aromatic rings. The van der Waals surface area contributed by atoms with Crippen LogP contribution in [0.15, 0.2) is 11.4 Å². The van der Waals surface area contributed by atoms with Crippen LogP contribution in [-0.2, 0) is 6.54 Å². The van der Waals surface area contributed by atoms with Crippen molar-refractivity contribution in [2.75, 3.05) is 33.2 Å². The molecule has 2 rings (SSSR count). The Labute approximate surface area is 120 Å². The first-order valence-electron chi connectivity index (χ1n) is 6.72. The zero-order valence-corrected chi connectivity index (χ0v) is 12.9. The summed E-state index contributed by atoms with van der Waals surface area (Å²) < 4.78 is 0. The van der Waals surface area contributed by atoms with Gasteiger partial charge < -0.3 is 5.73 Å². The molecule has 1 fully saturated rings. The summed E-state index contributed by atoms with van der Waals surface area (Å²) in [5.41, 5.74) is 6.84. The summed E-state index contributed by atoms with van der Waals surface area (Å²) in [5.74, 6) is 6.12. The van der Waals surface area contributed by atoms with E-state index in [0.29, 0.717) is 6.54 Å². The number of piperazine rings is 1. The van der Waals surface area contributed by atoms with Gasteiger partial charge in [-0.15, -0.1) is 11.3 Å². The SMILES string of the molecule is CN1CCN(Cc2sccc2C#CCN)CC1(C)C. The first-order valence-corrected chi connectivity index (χ1v) is 7.60. The van der Waals surface area contributed by atoms with Gasteiger partial charge in [0.2, 0.25) is 0 Å². The maximum atomic E-state index is 5.44. The molecule has 1 saturated heterocycles. The molecule has 4 heteroatoms. The number of hydrogen-bond donors (Lipinski definition) is 1. The van der Waals surface area contributed by atoms with Crippen LogP contribution in [0.5, 0.6) is 0 Å². The van der Waals surface area contributed by atoms with E-state index in [2.05, 4.69) is 54.0 Å². The van der Waals surface area contributed by atoms with Crippen LogP contribution in [0.2, 0.25) is 0 Å². The molecule has 0 unspecified atom stereocenters. The average Bonchev–Trinajstić information content (AvgIpc) is 2.78. The van der Waals surface area contributed by atoms with Crippen molar-refractivity contribution in [1.29, 1.82) is 0 Å². The third-order valence-electron chi connectivity index (χ3n) is 3.83. The van der Waals surface area contributed by atoms with Gasteiger partial charge in [0.25, 0.3) is 0 Å². The molecule has 0 saturated carbocycles. The predicted octanol–water partition coefficient (Wildman–Crippen LogP) is 1.58. The Morgan fingerprint density at radius 1 is 1.42 bits per heavy atom. The molecule has 0 spiro atoms. The van der Waals surface area contributed by atoms with E-state index < -0.39 is 0 Å². The molecule has 1 aliphatic rings. The lowest BCUT2D eigenvalue weighted by Gasteiger charge is -2.45. The minimum atomic E-state index is 0.249. The molecule has 0 aromatic carbocycles. The molecule has 0 aliphatic carbocycles. The summed E-state index contributed by atoms with van der Waals surface area (Å²) in [7, 11) is 2.21. The van der Waals surface area contributed by atoms with E-state index in [4.69, 9.17) is 5.73 Å². The van der Waals surface area contributed by atoms with Crippen LogP contribution >= 0.6 is 11.3 Å². The molecule has 0 radical (unpaired) electrons. The zero-order valence-electron chi connectivity index (χ0n) is 12.1. The van der Waals surface area contributed by atoms with Gasteiger partial charge >= 0.3 is 0 Å². The minimum Gasteiger partial charge on any atom is -0.320 e.